The quantitative estimate of drug-likeness (QED) is 0.548. The van der Waals surface area contributed by atoms with Gasteiger partial charge in [0.2, 0.25) is 8.32 Å². The monoisotopic (exact) mass is 220 g/mol. The largest absolute Gasteiger partial charge is 0.544 e. The van der Waals surface area contributed by atoms with Crippen molar-refractivity contribution in [3.8, 4) is 0 Å². The molecule has 0 aliphatic carbocycles. The van der Waals surface area contributed by atoms with E-state index in [2.05, 4.69) is 50.8 Å². The van der Waals surface area contributed by atoms with Crippen molar-refractivity contribution in [3.63, 3.8) is 0 Å². The Morgan fingerprint density at radius 1 is 1.27 bits per heavy atom. The first kappa shape index (κ1) is 12.0. The van der Waals surface area contributed by atoms with Crippen LogP contribution in [-0.4, -0.2) is 8.32 Å². The Kier molecular flexibility index (Phi) is 3.75. The lowest BCUT2D eigenvalue weighted by atomic mass is 10.1. The van der Waals surface area contributed by atoms with Gasteiger partial charge in [-0.2, -0.15) is 0 Å². The molecule has 0 radical (unpaired) electrons. The van der Waals surface area contributed by atoms with Gasteiger partial charge in [-0.05, 0) is 45.6 Å². The van der Waals surface area contributed by atoms with E-state index >= 15 is 0 Å². The van der Waals surface area contributed by atoms with Gasteiger partial charge < -0.3 is 4.43 Å². The molecule has 0 fully saturated rings. The number of rotatable bonds is 3. The molecule has 0 saturated heterocycles. The zero-order valence-electron chi connectivity index (χ0n) is 10.3. The highest BCUT2D eigenvalue weighted by atomic mass is 28.4. The summed E-state index contributed by atoms with van der Waals surface area (Å²) in [6, 6.07) is 8.44. The van der Waals surface area contributed by atoms with Crippen LogP contribution in [0.1, 0.15) is 18.1 Å². The van der Waals surface area contributed by atoms with Crippen molar-refractivity contribution >= 4 is 14.1 Å². The normalized spacial score (nSPS) is 12.7. The number of aryl methyl sites for hydroxylation is 1. The zero-order chi connectivity index (χ0) is 11.5. The van der Waals surface area contributed by atoms with Crippen LogP contribution in [0.25, 0.3) is 5.76 Å². The molecule has 2 heteroatoms. The van der Waals surface area contributed by atoms with Gasteiger partial charge in [-0.1, -0.05) is 23.8 Å². The number of hydrogen-bond acceptors (Lipinski definition) is 1. The molecule has 0 N–H and O–H groups in total. The van der Waals surface area contributed by atoms with Gasteiger partial charge >= 0.3 is 0 Å². The summed E-state index contributed by atoms with van der Waals surface area (Å²) in [7, 11) is -1.51. The minimum Gasteiger partial charge on any atom is -0.544 e. The summed E-state index contributed by atoms with van der Waals surface area (Å²) in [6.45, 7) is 10.7. The summed E-state index contributed by atoms with van der Waals surface area (Å²) in [6.07, 6.45) is 2.05. The first-order valence-corrected chi connectivity index (χ1v) is 8.75. The highest BCUT2D eigenvalue weighted by Gasteiger charge is 2.18. The lowest BCUT2D eigenvalue weighted by Crippen LogP contribution is -2.24. The minimum absolute atomic E-state index is 1.01. The van der Waals surface area contributed by atoms with E-state index in [1.165, 1.54) is 11.1 Å². The lowest BCUT2D eigenvalue weighted by Gasteiger charge is -2.22. The molecule has 0 aromatic heterocycles. The van der Waals surface area contributed by atoms with Crippen molar-refractivity contribution < 1.29 is 4.43 Å². The zero-order valence-corrected chi connectivity index (χ0v) is 11.3. The molecule has 0 heterocycles. The summed E-state index contributed by atoms with van der Waals surface area (Å²) in [5.41, 5.74) is 2.45. The Morgan fingerprint density at radius 2 is 1.93 bits per heavy atom. The second-order valence-corrected chi connectivity index (χ2v) is 9.17. The minimum atomic E-state index is -1.51. The SMILES string of the molecule is C/C=C(/O[Si](C)(C)C)c1cccc(C)c1. The Bertz CT molecular complexity index is 361. The predicted molar refractivity (Wildman–Crippen MR) is 69.3 cm³/mol. The van der Waals surface area contributed by atoms with Crippen LogP contribution in [0.4, 0.5) is 0 Å². The summed E-state index contributed by atoms with van der Waals surface area (Å²) >= 11 is 0. The van der Waals surface area contributed by atoms with E-state index in [-0.39, 0.29) is 0 Å². The van der Waals surface area contributed by atoms with Crippen LogP contribution < -0.4 is 0 Å². The van der Waals surface area contributed by atoms with E-state index in [4.69, 9.17) is 4.43 Å². The molecule has 0 aliphatic heterocycles. The Morgan fingerprint density at radius 3 is 2.40 bits per heavy atom. The van der Waals surface area contributed by atoms with Crippen molar-refractivity contribution in [2.75, 3.05) is 0 Å². The van der Waals surface area contributed by atoms with Gasteiger partial charge in [0, 0.05) is 5.56 Å². The molecular formula is C13H20OSi. The molecule has 1 nitrogen and oxygen atoms in total. The third-order valence-corrected chi connectivity index (χ3v) is 2.81. The Labute approximate surface area is 93.9 Å². The first-order chi connectivity index (χ1) is 6.92. The van der Waals surface area contributed by atoms with Gasteiger partial charge in [0.05, 0.1) is 0 Å². The van der Waals surface area contributed by atoms with Crippen molar-refractivity contribution in [1.29, 1.82) is 0 Å². The van der Waals surface area contributed by atoms with Gasteiger partial charge in [0.15, 0.2) is 0 Å². The second-order valence-electron chi connectivity index (χ2n) is 4.74. The molecular weight excluding hydrogens is 200 g/mol. The highest BCUT2D eigenvalue weighted by molar-refractivity contribution is 6.70. The molecule has 0 amide bonds. The maximum atomic E-state index is 6.03. The average Bonchev–Trinajstić information content (AvgIpc) is 2.13. The molecule has 0 atom stereocenters. The van der Waals surface area contributed by atoms with Crippen LogP contribution >= 0.6 is 0 Å². The van der Waals surface area contributed by atoms with Gasteiger partial charge in [-0.3, -0.25) is 0 Å². The van der Waals surface area contributed by atoms with E-state index in [0.717, 1.165) is 5.76 Å². The number of hydrogen-bond donors (Lipinski definition) is 0. The van der Waals surface area contributed by atoms with E-state index in [0.29, 0.717) is 0 Å². The maximum Gasteiger partial charge on any atom is 0.242 e. The lowest BCUT2D eigenvalue weighted by molar-refractivity contribution is 0.513. The third-order valence-electron chi connectivity index (χ3n) is 1.98. The van der Waals surface area contributed by atoms with Crippen LogP contribution in [0.15, 0.2) is 30.3 Å². The molecule has 0 saturated carbocycles. The molecule has 1 aromatic carbocycles. The summed E-state index contributed by atoms with van der Waals surface area (Å²) in [5, 5.41) is 0. The molecule has 0 aliphatic rings. The van der Waals surface area contributed by atoms with Crippen LogP contribution in [-0.2, 0) is 4.43 Å². The summed E-state index contributed by atoms with van der Waals surface area (Å²) in [4.78, 5) is 0. The van der Waals surface area contributed by atoms with Gasteiger partial charge in [-0.25, -0.2) is 0 Å². The smallest absolute Gasteiger partial charge is 0.242 e. The predicted octanol–water partition coefficient (Wildman–Crippen LogP) is 4.21. The van der Waals surface area contributed by atoms with Crippen molar-refractivity contribution in [3.05, 3.63) is 41.5 Å². The van der Waals surface area contributed by atoms with Crippen molar-refractivity contribution in [2.24, 2.45) is 0 Å². The van der Waals surface area contributed by atoms with Crippen LogP contribution in [0, 0.1) is 6.92 Å². The Balaban J connectivity index is 2.95. The maximum absolute atomic E-state index is 6.03. The van der Waals surface area contributed by atoms with Crippen LogP contribution in [0.2, 0.25) is 19.6 Å². The molecule has 1 rings (SSSR count). The van der Waals surface area contributed by atoms with E-state index in [1.807, 2.05) is 13.0 Å². The van der Waals surface area contributed by atoms with Gasteiger partial charge in [0.1, 0.15) is 5.76 Å². The standard InChI is InChI=1S/C13H20OSi/c1-6-13(14-15(3,4)5)12-9-7-8-11(2)10-12/h6-10H,1-5H3/b13-6+. The second kappa shape index (κ2) is 4.66. The molecule has 82 valence electrons. The molecule has 1 aromatic rings. The molecule has 15 heavy (non-hydrogen) atoms. The van der Waals surface area contributed by atoms with E-state index < -0.39 is 8.32 Å². The van der Waals surface area contributed by atoms with Gasteiger partial charge in [-0.15, -0.1) is 0 Å². The van der Waals surface area contributed by atoms with E-state index in [1.54, 1.807) is 0 Å². The number of benzene rings is 1. The molecule has 0 spiro atoms. The fraction of sp³-hybridized carbons (Fsp3) is 0.385. The summed E-state index contributed by atoms with van der Waals surface area (Å²) < 4.78 is 6.03. The van der Waals surface area contributed by atoms with Crippen molar-refractivity contribution in [1.82, 2.24) is 0 Å². The molecule has 0 unspecified atom stereocenters. The van der Waals surface area contributed by atoms with E-state index in [9.17, 15) is 0 Å². The molecule has 0 bridgehead atoms. The summed E-state index contributed by atoms with van der Waals surface area (Å²) in [5.74, 6) is 1.01. The Hall–Kier alpha value is -1.02. The topological polar surface area (TPSA) is 9.23 Å². The average molecular weight is 220 g/mol. The number of allylic oxidation sites excluding steroid dienone is 1. The fourth-order valence-electron chi connectivity index (χ4n) is 1.41. The van der Waals surface area contributed by atoms with Crippen LogP contribution in [0.5, 0.6) is 0 Å². The van der Waals surface area contributed by atoms with Crippen molar-refractivity contribution in [2.45, 2.75) is 33.5 Å². The fourth-order valence-corrected chi connectivity index (χ4v) is 2.31. The van der Waals surface area contributed by atoms with Gasteiger partial charge in [0.25, 0.3) is 0 Å². The highest BCUT2D eigenvalue weighted by Crippen LogP contribution is 2.21. The first-order valence-electron chi connectivity index (χ1n) is 5.35. The van der Waals surface area contributed by atoms with Crippen LogP contribution in [0.3, 0.4) is 0 Å². The third kappa shape index (κ3) is 3.92.